The summed E-state index contributed by atoms with van der Waals surface area (Å²) in [7, 11) is 2.27. The topological polar surface area (TPSA) is 41.3 Å². The summed E-state index contributed by atoms with van der Waals surface area (Å²) >= 11 is 0. The number of pyridine rings is 1. The molecule has 2 aliphatic heterocycles. The van der Waals surface area contributed by atoms with Gasteiger partial charge in [0.25, 0.3) is 0 Å². The summed E-state index contributed by atoms with van der Waals surface area (Å²) in [6.45, 7) is 4.73. The van der Waals surface area contributed by atoms with Crippen molar-refractivity contribution in [1.82, 2.24) is 14.5 Å². The number of aryl methyl sites for hydroxylation is 2. The van der Waals surface area contributed by atoms with Gasteiger partial charge in [-0.2, -0.15) is 0 Å². The molecule has 0 saturated carbocycles. The highest BCUT2D eigenvalue weighted by Crippen LogP contribution is 2.47. The fourth-order valence-electron chi connectivity index (χ4n) is 5.13. The molecule has 1 N–H and O–H groups in total. The van der Waals surface area contributed by atoms with E-state index in [9.17, 15) is 5.11 Å². The first kappa shape index (κ1) is 17.0. The lowest BCUT2D eigenvalue weighted by molar-refractivity contribution is 0.154. The molecule has 3 aromatic rings. The summed E-state index contributed by atoms with van der Waals surface area (Å²) in [5, 5.41) is 12.3. The number of aliphatic hydroxyl groups excluding tert-OH is 1. The smallest absolute Gasteiger partial charge is 0.0983 e. The quantitative estimate of drug-likeness (QED) is 0.764. The molecule has 1 fully saturated rings. The Bertz CT molecular complexity index is 1000. The maximum Gasteiger partial charge on any atom is 0.0983 e. The Balaban J connectivity index is 1.62. The number of nitrogens with zero attached hydrogens (tertiary/aromatic N) is 3. The minimum absolute atomic E-state index is 0.516. The van der Waals surface area contributed by atoms with Gasteiger partial charge in [0.15, 0.2) is 0 Å². The van der Waals surface area contributed by atoms with E-state index in [0.717, 1.165) is 17.7 Å². The Morgan fingerprint density at radius 2 is 2.04 bits per heavy atom. The lowest BCUT2D eigenvalue weighted by Gasteiger charge is -2.32. The Labute approximate surface area is 160 Å². The molecule has 1 aromatic carbocycles. The number of aromatic nitrogens is 2. The number of likely N-dealkylation sites (N-methyl/N-ethyl adjacent to an activating group) is 1. The normalized spacial score (nSPS) is 23.0. The van der Waals surface area contributed by atoms with E-state index in [2.05, 4.69) is 46.6 Å². The van der Waals surface area contributed by atoms with Crippen molar-refractivity contribution >= 4 is 10.9 Å². The van der Waals surface area contributed by atoms with Crippen LogP contribution in [0.5, 0.6) is 0 Å². The monoisotopic (exact) mass is 361 g/mol. The molecular weight excluding hydrogens is 334 g/mol. The average molecular weight is 361 g/mol. The number of rotatable bonds is 3. The summed E-state index contributed by atoms with van der Waals surface area (Å²) < 4.78 is 2.38. The molecule has 2 aliphatic rings. The predicted octanol–water partition coefficient (Wildman–Crippen LogP) is 4.08. The second-order valence-electron chi connectivity index (χ2n) is 8.36. The minimum Gasteiger partial charge on any atom is -0.386 e. The molecule has 4 heteroatoms. The Morgan fingerprint density at radius 3 is 2.81 bits per heavy atom. The molecule has 1 saturated heterocycles. The second kappa shape index (κ2) is 6.18. The van der Waals surface area contributed by atoms with E-state index in [0.29, 0.717) is 18.6 Å². The fraction of sp³-hybridized carbons (Fsp3) is 0.435. The molecule has 4 heterocycles. The van der Waals surface area contributed by atoms with Gasteiger partial charge >= 0.3 is 0 Å². The summed E-state index contributed by atoms with van der Waals surface area (Å²) in [5.74, 6) is 0. The van der Waals surface area contributed by atoms with Crippen molar-refractivity contribution in [1.29, 1.82) is 0 Å². The van der Waals surface area contributed by atoms with Crippen molar-refractivity contribution in [2.75, 3.05) is 7.05 Å². The molecule has 0 spiro atoms. The van der Waals surface area contributed by atoms with E-state index in [4.69, 9.17) is 0 Å². The van der Waals surface area contributed by atoms with Crippen LogP contribution in [0.25, 0.3) is 10.9 Å². The van der Waals surface area contributed by atoms with Crippen LogP contribution in [0.4, 0.5) is 0 Å². The number of hydrogen-bond donors (Lipinski definition) is 1. The highest BCUT2D eigenvalue weighted by atomic mass is 16.3. The third-order valence-corrected chi connectivity index (χ3v) is 6.65. The van der Waals surface area contributed by atoms with E-state index in [1.54, 1.807) is 6.20 Å². The zero-order valence-electron chi connectivity index (χ0n) is 16.3. The molecule has 5 rings (SSSR count). The maximum absolute atomic E-state index is 10.9. The molecule has 2 bridgehead atoms. The average Bonchev–Trinajstić information content (AvgIpc) is 3.06. The van der Waals surface area contributed by atoms with Gasteiger partial charge in [-0.3, -0.25) is 9.88 Å². The third-order valence-electron chi connectivity index (χ3n) is 6.65. The first-order chi connectivity index (χ1) is 13.0. The van der Waals surface area contributed by atoms with Crippen LogP contribution in [0.1, 0.15) is 53.1 Å². The highest BCUT2D eigenvalue weighted by Gasteiger charge is 2.40. The molecular formula is C23H27N3O. The van der Waals surface area contributed by atoms with Gasteiger partial charge in [0, 0.05) is 52.6 Å². The molecule has 0 amide bonds. The van der Waals surface area contributed by atoms with Gasteiger partial charge in [-0.05, 0) is 57.5 Å². The standard InChI is InChI=1S/C23H27N3O/c1-14-4-8-19-18(10-14)23-20-9-7-17(25(20)3)11-21(23)26(19)13-22(27)16-6-5-15(2)24-12-16/h4-6,8,10,12,17,20,22,27H,7,9,11,13H2,1-3H3. The van der Waals surface area contributed by atoms with E-state index in [-0.39, 0.29) is 0 Å². The van der Waals surface area contributed by atoms with Gasteiger partial charge in [-0.25, -0.2) is 0 Å². The van der Waals surface area contributed by atoms with Gasteiger partial charge < -0.3 is 9.67 Å². The van der Waals surface area contributed by atoms with Crippen LogP contribution in [0.3, 0.4) is 0 Å². The largest absolute Gasteiger partial charge is 0.386 e. The van der Waals surface area contributed by atoms with Crippen LogP contribution < -0.4 is 0 Å². The summed E-state index contributed by atoms with van der Waals surface area (Å²) in [4.78, 5) is 6.92. The van der Waals surface area contributed by atoms with Crippen molar-refractivity contribution < 1.29 is 5.11 Å². The first-order valence-corrected chi connectivity index (χ1v) is 9.97. The van der Waals surface area contributed by atoms with Crippen LogP contribution in [-0.2, 0) is 13.0 Å². The lowest BCUT2D eigenvalue weighted by atomic mass is 9.97. The molecule has 0 radical (unpaired) electrons. The van der Waals surface area contributed by atoms with Crippen LogP contribution in [0.15, 0.2) is 36.5 Å². The zero-order valence-corrected chi connectivity index (χ0v) is 16.3. The van der Waals surface area contributed by atoms with Crippen molar-refractivity contribution in [2.45, 2.75) is 57.8 Å². The van der Waals surface area contributed by atoms with Gasteiger partial charge in [0.1, 0.15) is 0 Å². The number of aliphatic hydroxyl groups is 1. The van der Waals surface area contributed by atoms with Gasteiger partial charge in [0.05, 0.1) is 12.6 Å². The van der Waals surface area contributed by atoms with Gasteiger partial charge in [0.2, 0.25) is 0 Å². The summed E-state index contributed by atoms with van der Waals surface area (Å²) in [6, 6.07) is 11.9. The predicted molar refractivity (Wildman–Crippen MR) is 108 cm³/mol. The first-order valence-electron chi connectivity index (χ1n) is 9.97. The van der Waals surface area contributed by atoms with Crippen molar-refractivity contribution in [3.63, 3.8) is 0 Å². The molecule has 140 valence electrons. The van der Waals surface area contributed by atoms with Crippen LogP contribution in [0.2, 0.25) is 0 Å². The highest BCUT2D eigenvalue weighted by molar-refractivity contribution is 5.87. The van der Waals surface area contributed by atoms with E-state index in [1.807, 2.05) is 19.1 Å². The molecule has 3 unspecified atom stereocenters. The van der Waals surface area contributed by atoms with Crippen LogP contribution >= 0.6 is 0 Å². The minimum atomic E-state index is -0.545. The Kier molecular flexibility index (Phi) is 3.88. The fourth-order valence-corrected chi connectivity index (χ4v) is 5.13. The molecule has 4 nitrogen and oxygen atoms in total. The lowest BCUT2D eigenvalue weighted by Crippen LogP contribution is -2.34. The van der Waals surface area contributed by atoms with Crippen molar-refractivity contribution in [3.8, 4) is 0 Å². The van der Waals surface area contributed by atoms with Gasteiger partial charge in [-0.15, -0.1) is 0 Å². The number of hydrogen-bond acceptors (Lipinski definition) is 3. The van der Waals surface area contributed by atoms with Gasteiger partial charge in [-0.1, -0.05) is 17.7 Å². The van der Waals surface area contributed by atoms with Crippen LogP contribution in [-0.4, -0.2) is 32.6 Å². The molecule has 27 heavy (non-hydrogen) atoms. The van der Waals surface area contributed by atoms with E-state index >= 15 is 0 Å². The summed E-state index contributed by atoms with van der Waals surface area (Å²) in [6.07, 6.45) is 4.85. The molecule has 2 aromatic heterocycles. The number of benzene rings is 1. The third kappa shape index (κ3) is 2.62. The number of fused-ring (bicyclic) bond motifs is 6. The second-order valence-corrected chi connectivity index (χ2v) is 8.36. The van der Waals surface area contributed by atoms with Crippen molar-refractivity contribution in [2.24, 2.45) is 0 Å². The van der Waals surface area contributed by atoms with E-state index in [1.165, 1.54) is 40.6 Å². The van der Waals surface area contributed by atoms with E-state index < -0.39 is 6.10 Å². The molecule has 3 atom stereocenters. The zero-order chi connectivity index (χ0) is 18.7. The van der Waals surface area contributed by atoms with Crippen molar-refractivity contribution in [3.05, 3.63) is 64.6 Å². The molecule has 0 aliphatic carbocycles. The Hall–Kier alpha value is -2.17. The maximum atomic E-state index is 10.9. The summed E-state index contributed by atoms with van der Waals surface area (Å²) in [5.41, 5.74) is 7.35. The Morgan fingerprint density at radius 1 is 1.19 bits per heavy atom. The van der Waals surface area contributed by atoms with Crippen LogP contribution in [0, 0.1) is 13.8 Å². The SMILES string of the molecule is Cc1ccc2c(c1)c1c(n2CC(O)c2ccc(C)nc2)CC2CCC1N2C.